The van der Waals surface area contributed by atoms with E-state index in [0.29, 0.717) is 18.9 Å². The molecule has 0 radical (unpaired) electrons. The quantitative estimate of drug-likeness (QED) is 0.876. The number of halogens is 1. The number of hydrogen-bond acceptors (Lipinski definition) is 2. The first-order valence-corrected chi connectivity index (χ1v) is 7.10. The second kappa shape index (κ2) is 5.83. The Labute approximate surface area is 109 Å². The van der Waals surface area contributed by atoms with E-state index in [-0.39, 0.29) is 6.54 Å². The van der Waals surface area contributed by atoms with E-state index in [0.717, 1.165) is 5.69 Å². The minimum atomic E-state index is -1.30. The summed E-state index contributed by atoms with van der Waals surface area (Å²) in [5, 5.41) is 4.54. The van der Waals surface area contributed by atoms with Crippen LogP contribution in [-0.4, -0.2) is 22.0 Å². The first-order valence-electron chi connectivity index (χ1n) is 7.10. The van der Waals surface area contributed by atoms with Gasteiger partial charge in [0.1, 0.15) is 5.67 Å². The lowest BCUT2D eigenvalue weighted by molar-refractivity contribution is 0.165. The standard InChI is InChI=1S/C14H24FN3/c1-2-14(15,11-16)10-12-8-9-18(17-12)13-6-4-3-5-7-13/h8-9,13H,2-7,10-11,16H2,1H3. The van der Waals surface area contributed by atoms with Gasteiger partial charge in [-0.15, -0.1) is 0 Å². The smallest absolute Gasteiger partial charge is 0.128 e. The van der Waals surface area contributed by atoms with Crippen molar-refractivity contribution in [1.82, 2.24) is 9.78 Å². The molecule has 0 spiro atoms. The van der Waals surface area contributed by atoms with E-state index >= 15 is 0 Å². The zero-order valence-corrected chi connectivity index (χ0v) is 11.2. The average molecular weight is 253 g/mol. The van der Waals surface area contributed by atoms with Crippen LogP contribution in [0.25, 0.3) is 0 Å². The molecule has 1 aliphatic carbocycles. The zero-order chi connectivity index (χ0) is 13.0. The van der Waals surface area contributed by atoms with Gasteiger partial charge in [0.15, 0.2) is 0 Å². The van der Waals surface area contributed by atoms with Crippen molar-refractivity contribution >= 4 is 0 Å². The Morgan fingerprint density at radius 1 is 1.44 bits per heavy atom. The average Bonchev–Trinajstić information content (AvgIpc) is 2.88. The molecule has 0 amide bonds. The van der Waals surface area contributed by atoms with E-state index in [2.05, 4.69) is 5.10 Å². The molecule has 0 saturated heterocycles. The van der Waals surface area contributed by atoms with Crippen molar-refractivity contribution in [3.8, 4) is 0 Å². The van der Waals surface area contributed by atoms with Gasteiger partial charge in [-0.3, -0.25) is 4.68 Å². The van der Waals surface area contributed by atoms with E-state index in [4.69, 9.17) is 5.73 Å². The van der Waals surface area contributed by atoms with Crippen LogP contribution in [0.2, 0.25) is 0 Å². The fourth-order valence-corrected chi connectivity index (χ4v) is 2.69. The van der Waals surface area contributed by atoms with Crippen molar-refractivity contribution < 1.29 is 4.39 Å². The summed E-state index contributed by atoms with van der Waals surface area (Å²) < 4.78 is 16.2. The normalized spacial score (nSPS) is 20.8. The topological polar surface area (TPSA) is 43.8 Å². The van der Waals surface area contributed by atoms with E-state index in [9.17, 15) is 4.39 Å². The van der Waals surface area contributed by atoms with Crippen molar-refractivity contribution in [2.24, 2.45) is 5.73 Å². The fourth-order valence-electron chi connectivity index (χ4n) is 2.69. The van der Waals surface area contributed by atoms with E-state index in [1.54, 1.807) is 0 Å². The summed E-state index contributed by atoms with van der Waals surface area (Å²) in [6.07, 6.45) is 9.08. The van der Waals surface area contributed by atoms with Crippen molar-refractivity contribution in [3.63, 3.8) is 0 Å². The van der Waals surface area contributed by atoms with Crippen molar-refractivity contribution in [2.45, 2.75) is 63.6 Å². The first kappa shape index (κ1) is 13.5. The summed E-state index contributed by atoms with van der Waals surface area (Å²) in [5.74, 6) is 0. The van der Waals surface area contributed by atoms with Crippen LogP contribution in [0.5, 0.6) is 0 Å². The molecule has 18 heavy (non-hydrogen) atoms. The maximum Gasteiger partial charge on any atom is 0.128 e. The third-order valence-electron chi connectivity index (χ3n) is 4.11. The highest BCUT2D eigenvalue weighted by molar-refractivity contribution is 5.05. The molecule has 0 aliphatic heterocycles. The van der Waals surface area contributed by atoms with Crippen molar-refractivity contribution in [2.75, 3.05) is 6.54 Å². The Morgan fingerprint density at radius 2 is 2.17 bits per heavy atom. The van der Waals surface area contributed by atoms with Crippen LogP contribution in [0.1, 0.15) is 57.2 Å². The van der Waals surface area contributed by atoms with Gasteiger partial charge >= 0.3 is 0 Å². The molecule has 0 bridgehead atoms. The maximum atomic E-state index is 14.2. The highest BCUT2D eigenvalue weighted by atomic mass is 19.1. The van der Waals surface area contributed by atoms with Crippen molar-refractivity contribution in [3.05, 3.63) is 18.0 Å². The summed E-state index contributed by atoms with van der Waals surface area (Å²) in [7, 11) is 0. The summed E-state index contributed by atoms with van der Waals surface area (Å²) in [6, 6.07) is 2.45. The summed E-state index contributed by atoms with van der Waals surface area (Å²) in [5.41, 5.74) is 5.03. The molecular weight excluding hydrogens is 229 g/mol. The predicted molar refractivity (Wildman–Crippen MR) is 71.2 cm³/mol. The van der Waals surface area contributed by atoms with Gasteiger partial charge in [0.25, 0.3) is 0 Å². The molecule has 1 aliphatic rings. The van der Waals surface area contributed by atoms with Crippen LogP contribution in [0.4, 0.5) is 4.39 Å². The Bertz CT molecular complexity index is 365. The molecular formula is C14H24FN3. The Morgan fingerprint density at radius 3 is 2.78 bits per heavy atom. The molecule has 1 unspecified atom stereocenters. The van der Waals surface area contributed by atoms with E-state index < -0.39 is 5.67 Å². The lowest BCUT2D eigenvalue weighted by Crippen LogP contribution is -2.34. The van der Waals surface area contributed by atoms with Crippen LogP contribution in [0, 0.1) is 0 Å². The van der Waals surface area contributed by atoms with E-state index in [1.165, 1.54) is 32.1 Å². The van der Waals surface area contributed by atoms with Gasteiger partial charge in [-0.2, -0.15) is 5.10 Å². The van der Waals surface area contributed by atoms with Crippen LogP contribution in [0.3, 0.4) is 0 Å². The largest absolute Gasteiger partial charge is 0.328 e. The summed E-state index contributed by atoms with van der Waals surface area (Å²) in [4.78, 5) is 0. The molecule has 3 nitrogen and oxygen atoms in total. The zero-order valence-electron chi connectivity index (χ0n) is 11.2. The number of alkyl halides is 1. The third kappa shape index (κ3) is 3.10. The van der Waals surface area contributed by atoms with Gasteiger partial charge in [-0.25, -0.2) is 4.39 Å². The Hall–Kier alpha value is -0.900. The van der Waals surface area contributed by atoms with Crippen LogP contribution >= 0.6 is 0 Å². The number of aromatic nitrogens is 2. The Balaban J connectivity index is 2.01. The number of rotatable bonds is 5. The molecule has 1 atom stereocenters. The second-order valence-corrected chi connectivity index (χ2v) is 5.46. The lowest BCUT2D eigenvalue weighted by atomic mass is 9.96. The van der Waals surface area contributed by atoms with Gasteiger partial charge in [0.05, 0.1) is 11.7 Å². The molecule has 4 heteroatoms. The van der Waals surface area contributed by atoms with Gasteiger partial charge in [0, 0.05) is 19.2 Å². The van der Waals surface area contributed by atoms with Crippen LogP contribution < -0.4 is 5.73 Å². The minimum Gasteiger partial charge on any atom is -0.328 e. The molecule has 1 aromatic rings. The molecule has 1 heterocycles. The maximum absolute atomic E-state index is 14.2. The molecule has 1 saturated carbocycles. The minimum absolute atomic E-state index is 0.0692. The van der Waals surface area contributed by atoms with Crippen molar-refractivity contribution in [1.29, 1.82) is 0 Å². The second-order valence-electron chi connectivity index (χ2n) is 5.46. The molecule has 1 fully saturated rings. The van der Waals surface area contributed by atoms with E-state index in [1.807, 2.05) is 23.9 Å². The molecule has 1 aromatic heterocycles. The monoisotopic (exact) mass is 253 g/mol. The predicted octanol–water partition coefficient (Wildman–Crippen LogP) is 3.01. The Kier molecular flexibility index (Phi) is 4.38. The molecule has 0 aromatic carbocycles. The summed E-state index contributed by atoms with van der Waals surface area (Å²) >= 11 is 0. The molecule has 102 valence electrons. The van der Waals surface area contributed by atoms with Gasteiger partial charge < -0.3 is 5.73 Å². The van der Waals surface area contributed by atoms with Gasteiger partial charge in [-0.05, 0) is 25.3 Å². The third-order valence-corrected chi connectivity index (χ3v) is 4.11. The first-order chi connectivity index (χ1) is 8.67. The number of nitrogens with two attached hydrogens (primary N) is 1. The highest BCUT2D eigenvalue weighted by Gasteiger charge is 2.27. The fraction of sp³-hybridized carbons (Fsp3) is 0.786. The number of hydrogen-bond donors (Lipinski definition) is 1. The molecule has 2 rings (SSSR count). The SMILES string of the molecule is CCC(F)(CN)Cc1ccn(C2CCCCC2)n1. The van der Waals surface area contributed by atoms with Gasteiger partial charge in [0.2, 0.25) is 0 Å². The van der Waals surface area contributed by atoms with Crippen LogP contribution in [0.15, 0.2) is 12.3 Å². The highest BCUT2D eigenvalue weighted by Crippen LogP contribution is 2.28. The lowest BCUT2D eigenvalue weighted by Gasteiger charge is -2.22. The number of nitrogens with zero attached hydrogens (tertiary/aromatic N) is 2. The van der Waals surface area contributed by atoms with Crippen LogP contribution in [-0.2, 0) is 6.42 Å². The van der Waals surface area contributed by atoms with Gasteiger partial charge in [-0.1, -0.05) is 26.2 Å². The summed E-state index contributed by atoms with van der Waals surface area (Å²) in [6.45, 7) is 1.91. The molecule has 2 N–H and O–H groups in total.